The van der Waals surface area contributed by atoms with Crippen LogP contribution in [0.5, 0.6) is 0 Å². The molecule has 3 nitrogen and oxygen atoms in total. The molecular weight excluding hydrogens is 278 g/mol. The molecule has 1 heterocycles. The third kappa shape index (κ3) is 3.11. The molecule has 1 aromatic heterocycles. The molecule has 21 heavy (non-hydrogen) atoms. The van der Waals surface area contributed by atoms with E-state index in [9.17, 15) is 0 Å². The van der Waals surface area contributed by atoms with Crippen molar-refractivity contribution in [2.24, 2.45) is 0 Å². The van der Waals surface area contributed by atoms with Gasteiger partial charge < -0.3 is 10.2 Å². The first-order valence-electron chi connectivity index (χ1n) is 7.70. The van der Waals surface area contributed by atoms with E-state index in [1.165, 1.54) is 34.7 Å². The van der Waals surface area contributed by atoms with Crippen LogP contribution < -0.4 is 10.2 Å². The summed E-state index contributed by atoms with van der Waals surface area (Å²) in [7, 11) is 2.12. The predicted molar refractivity (Wildman–Crippen MR) is 90.7 cm³/mol. The first kappa shape index (κ1) is 14.5. The third-order valence-corrected chi connectivity index (χ3v) is 5.13. The zero-order chi connectivity index (χ0) is 14.8. The molecule has 0 aliphatic heterocycles. The van der Waals surface area contributed by atoms with Gasteiger partial charge in [0.1, 0.15) is 0 Å². The van der Waals surface area contributed by atoms with Gasteiger partial charge >= 0.3 is 0 Å². The van der Waals surface area contributed by atoms with E-state index >= 15 is 0 Å². The van der Waals surface area contributed by atoms with Crippen molar-refractivity contribution in [3.05, 3.63) is 40.4 Å². The molecule has 2 aromatic rings. The quantitative estimate of drug-likeness (QED) is 0.866. The number of thiazole rings is 1. The zero-order valence-corrected chi connectivity index (χ0v) is 13.8. The van der Waals surface area contributed by atoms with Crippen LogP contribution in [-0.4, -0.2) is 18.6 Å². The Morgan fingerprint density at radius 1 is 1.33 bits per heavy atom. The van der Waals surface area contributed by atoms with E-state index in [0.717, 1.165) is 18.2 Å². The van der Waals surface area contributed by atoms with E-state index in [-0.39, 0.29) is 0 Å². The minimum Gasteiger partial charge on any atom is -0.321 e. The number of hydrogen-bond acceptors (Lipinski definition) is 4. The zero-order valence-electron chi connectivity index (χ0n) is 13.0. The van der Waals surface area contributed by atoms with Crippen molar-refractivity contribution in [3.8, 4) is 0 Å². The summed E-state index contributed by atoms with van der Waals surface area (Å²) in [5, 5.41) is 4.55. The second kappa shape index (κ2) is 6.16. The van der Waals surface area contributed by atoms with Crippen molar-refractivity contribution in [3.63, 3.8) is 0 Å². The summed E-state index contributed by atoms with van der Waals surface area (Å²) in [5.74, 6) is 0.703. The Hall–Kier alpha value is -1.39. The normalized spacial score (nSPS) is 14.4. The van der Waals surface area contributed by atoms with E-state index in [1.54, 1.807) is 0 Å². The highest BCUT2D eigenvalue weighted by molar-refractivity contribution is 7.15. The molecule has 3 rings (SSSR count). The van der Waals surface area contributed by atoms with Crippen LogP contribution in [0.1, 0.15) is 41.8 Å². The lowest BCUT2D eigenvalue weighted by Gasteiger charge is -2.18. The minimum atomic E-state index is 0.703. The summed E-state index contributed by atoms with van der Waals surface area (Å²) >= 11 is 1.83. The van der Waals surface area contributed by atoms with Gasteiger partial charge in [-0.25, -0.2) is 4.98 Å². The molecule has 1 aromatic carbocycles. The second-order valence-electron chi connectivity index (χ2n) is 5.70. The fraction of sp³-hybridized carbons (Fsp3) is 0.471. The van der Waals surface area contributed by atoms with Gasteiger partial charge in [-0.1, -0.05) is 36.5 Å². The van der Waals surface area contributed by atoms with E-state index in [2.05, 4.69) is 55.4 Å². The van der Waals surface area contributed by atoms with Crippen molar-refractivity contribution < 1.29 is 0 Å². The molecule has 0 radical (unpaired) electrons. The van der Waals surface area contributed by atoms with Crippen LogP contribution in [0, 0.1) is 6.92 Å². The average Bonchev–Trinajstić information content (AvgIpc) is 3.25. The van der Waals surface area contributed by atoms with Crippen molar-refractivity contribution in [1.82, 2.24) is 10.3 Å². The van der Waals surface area contributed by atoms with Gasteiger partial charge in [0, 0.05) is 30.1 Å². The molecular formula is C17H23N3S. The van der Waals surface area contributed by atoms with Crippen LogP contribution in [0.25, 0.3) is 0 Å². The highest BCUT2D eigenvalue weighted by Crippen LogP contribution is 2.44. The topological polar surface area (TPSA) is 28.2 Å². The first-order chi connectivity index (χ1) is 10.2. The molecule has 0 spiro atoms. The summed E-state index contributed by atoms with van der Waals surface area (Å²) < 4.78 is 0. The second-order valence-corrected chi connectivity index (χ2v) is 6.77. The van der Waals surface area contributed by atoms with E-state index in [0.29, 0.717) is 5.92 Å². The van der Waals surface area contributed by atoms with Gasteiger partial charge in [0.2, 0.25) is 0 Å². The highest BCUT2D eigenvalue weighted by atomic mass is 32.1. The lowest BCUT2D eigenvalue weighted by Crippen LogP contribution is -2.11. The van der Waals surface area contributed by atoms with Crippen LogP contribution in [0.15, 0.2) is 24.3 Å². The molecule has 1 aliphatic carbocycles. The van der Waals surface area contributed by atoms with Crippen molar-refractivity contribution in [2.45, 2.75) is 39.2 Å². The number of anilines is 2. The fourth-order valence-electron chi connectivity index (χ4n) is 2.58. The van der Waals surface area contributed by atoms with Gasteiger partial charge in [0.15, 0.2) is 5.13 Å². The van der Waals surface area contributed by atoms with Gasteiger partial charge in [0.05, 0.1) is 5.69 Å². The lowest BCUT2D eigenvalue weighted by atomic mass is 10.2. The molecule has 0 saturated heterocycles. The van der Waals surface area contributed by atoms with E-state index in [4.69, 9.17) is 4.98 Å². The summed E-state index contributed by atoms with van der Waals surface area (Å²) in [4.78, 5) is 8.58. The summed E-state index contributed by atoms with van der Waals surface area (Å²) in [5.41, 5.74) is 3.86. The van der Waals surface area contributed by atoms with Crippen LogP contribution in [0.4, 0.5) is 10.8 Å². The van der Waals surface area contributed by atoms with Crippen molar-refractivity contribution >= 4 is 22.2 Å². The number of benzene rings is 1. The Morgan fingerprint density at radius 2 is 2.10 bits per heavy atom. The third-order valence-electron chi connectivity index (χ3n) is 3.98. The number of aromatic nitrogens is 1. The Morgan fingerprint density at radius 3 is 2.76 bits per heavy atom. The van der Waals surface area contributed by atoms with Crippen molar-refractivity contribution in [1.29, 1.82) is 0 Å². The number of nitrogens with zero attached hydrogens (tertiary/aromatic N) is 2. The monoisotopic (exact) mass is 301 g/mol. The maximum absolute atomic E-state index is 4.95. The number of aryl methyl sites for hydroxylation is 1. The summed E-state index contributed by atoms with van der Waals surface area (Å²) in [6, 6.07) is 8.49. The molecule has 0 unspecified atom stereocenters. The van der Waals surface area contributed by atoms with Crippen LogP contribution in [0.3, 0.4) is 0 Å². The standard InChI is InChI=1S/C17H23N3S/c1-4-18-11-15-16(13-9-10-13)19-17(21-15)20(3)14-8-6-5-7-12(14)2/h5-8,13,18H,4,9-11H2,1-3H3. The van der Waals surface area contributed by atoms with Gasteiger partial charge in [-0.2, -0.15) is 0 Å². The van der Waals surface area contributed by atoms with Gasteiger partial charge in [-0.3, -0.25) is 0 Å². The Bertz CT molecular complexity index is 616. The minimum absolute atomic E-state index is 0.703. The van der Waals surface area contributed by atoms with Gasteiger partial charge in [-0.15, -0.1) is 0 Å². The largest absolute Gasteiger partial charge is 0.321 e. The summed E-state index contributed by atoms with van der Waals surface area (Å²) in [6.45, 7) is 6.26. The van der Waals surface area contributed by atoms with E-state index in [1.807, 2.05) is 11.3 Å². The molecule has 1 aliphatic rings. The fourth-order valence-corrected chi connectivity index (χ4v) is 3.67. The molecule has 0 bridgehead atoms. The molecule has 0 amide bonds. The smallest absolute Gasteiger partial charge is 0.190 e. The maximum atomic E-state index is 4.95. The molecule has 1 fully saturated rings. The Balaban J connectivity index is 1.89. The molecule has 112 valence electrons. The average molecular weight is 301 g/mol. The molecule has 4 heteroatoms. The Labute approximate surface area is 131 Å². The lowest BCUT2D eigenvalue weighted by molar-refractivity contribution is 0.726. The summed E-state index contributed by atoms with van der Waals surface area (Å²) in [6.07, 6.45) is 2.60. The number of nitrogens with one attached hydrogen (secondary N) is 1. The number of hydrogen-bond donors (Lipinski definition) is 1. The SMILES string of the molecule is CCNCc1sc(N(C)c2ccccc2C)nc1C1CC1. The van der Waals surface area contributed by atoms with Gasteiger partial charge in [-0.05, 0) is 37.9 Å². The maximum Gasteiger partial charge on any atom is 0.190 e. The van der Waals surface area contributed by atoms with Crippen LogP contribution in [-0.2, 0) is 6.54 Å². The van der Waals surface area contributed by atoms with Crippen LogP contribution in [0.2, 0.25) is 0 Å². The van der Waals surface area contributed by atoms with E-state index < -0.39 is 0 Å². The predicted octanol–water partition coefficient (Wildman–Crippen LogP) is 4.21. The molecule has 0 atom stereocenters. The first-order valence-corrected chi connectivity index (χ1v) is 8.52. The highest BCUT2D eigenvalue weighted by Gasteiger charge is 2.30. The molecule has 1 saturated carbocycles. The Kier molecular flexibility index (Phi) is 4.27. The number of rotatable bonds is 6. The van der Waals surface area contributed by atoms with Gasteiger partial charge in [0.25, 0.3) is 0 Å². The number of para-hydroxylation sites is 1. The molecule has 1 N–H and O–H groups in total. The van der Waals surface area contributed by atoms with Crippen LogP contribution >= 0.6 is 11.3 Å². The van der Waals surface area contributed by atoms with Crippen molar-refractivity contribution in [2.75, 3.05) is 18.5 Å².